The van der Waals surface area contributed by atoms with Gasteiger partial charge in [-0.3, -0.25) is 0 Å². The second kappa shape index (κ2) is 4.13. The van der Waals surface area contributed by atoms with E-state index >= 15 is 0 Å². The molecular formula is C11H6Cl4O2. The first-order valence-corrected chi connectivity index (χ1v) is 6.46. The summed E-state index contributed by atoms with van der Waals surface area (Å²) in [6.45, 7) is 0. The molecule has 17 heavy (non-hydrogen) atoms. The Labute approximate surface area is 118 Å². The highest BCUT2D eigenvalue weighted by atomic mass is 35.5. The summed E-state index contributed by atoms with van der Waals surface area (Å²) in [5, 5.41) is 0.836. The zero-order chi connectivity index (χ0) is 12.2. The van der Waals surface area contributed by atoms with Crippen LogP contribution in [0.2, 0.25) is 20.1 Å². The molecule has 1 aliphatic carbocycles. The Hall–Kier alpha value is -0.280. The zero-order valence-corrected chi connectivity index (χ0v) is 11.4. The van der Waals surface area contributed by atoms with Crippen LogP contribution in [-0.2, 0) is 0 Å². The minimum atomic E-state index is -0.145. The largest absolute Gasteiger partial charge is 0.480 e. The molecule has 2 atom stereocenters. The Balaban J connectivity index is 2.17. The van der Waals surface area contributed by atoms with Crippen molar-refractivity contribution >= 4 is 46.4 Å². The predicted octanol–water partition coefficient (Wildman–Crippen LogP) is 4.77. The van der Waals surface area contributed by atoms with Crippen LogP contribution in [0.15, 0.2) is 12.2 Å². The molecule has 2 nitrogen and oxygen atoms in total. The van der Waals surface area contributed by atoms with E-state index in [4.69, 9.17) is 55.9 Å². The number of hydrogen-bond donors (Lipinski definition) is 0. The fourth-order valence-electron chi connectivity index (χ4n) is 1.92. The van der Waals surface area contributed by atoms with Crippen molar-refractivity contribution in [2.75, 3.05) is 0 Å². The van der Waals surface area contributed by atoms with Gasteiger partial charge in [-0.2, -0.15) is 0 Å². The van der Waals surface area contributed by atoms with Crippen molar-refractivity contribution in [3.8, 4) is 11.5 Å². The first-order valence-electron chi connectivity index (χ1n) is 4.95. The van der Waals surface area contributed by atoms with Gasteiger partial charge in [0.05, 0.1) is 10.0 Å². The molecule has 1 aromatic carbocycles. The van der Waals surface area contributed by atoms with Gasteiger partial charge >= 0.3 is 0 Å². The minimum absolute atomic E-state index is 0.0756. The quantitative estimate of drug-likeness (QED) is 0.390. The van der Waals surface area contributed by atoms with E-state index in [9.17, 15) is 0 Å². The first-order chi connectivity index (χ1) is 8.09. The summed E-state index contributed by atoms with van der Waals surface area (Å²) in [4.78, 5) is 0. The smallest absolute Gasteiger partial charge is 0.184 e. The molecular weight excluding hydrogens is 306 g/mol. The third-order valence-electron chi connectivity index (χ3n) is 2.77. The lowest BCUT2D eigenvalue weighted by Gasteiger charge is -2.31. The second-order valence-corrected chi connectivity index (χ2v) is 5.33. The molecule has 0 unspecified atom stereocenters. The fourth-order valence-corrected chi connectivity index (χ4v) is 2.83. The lowest BCUT2D eigenvalue weighted by molar-refractivity contribution is 0.0592. The third-order valence-corrected chi connectivity index (χ3v) is 4.53. The highest BCUT2D eigenvalue weighted by Crippen LogP contribution is 2.53. The predicted molar refractivity (Wildman–Crippen MR) is 69.1 cm³/mol. The molecule has 1 aromatic rings. The lowest BCUT2D eigenvalue weighted by atomic mass is 10.2. The highest BCUT2D eigenvalue weighted by molar-refractivity contribution is 6.53. The Bertz CT molecular complexity index is 527. The summed E-state index contributed by atoms with van der Waals surface area (Å²) in [6, 6.07) is 0. The summed E-state index contributed by atoms with van der Waals surface area (Å²) < 4.78 is 11.5. The van der Waals surface area contributed by atoms with Crippen molar-refractivity contribution in [2.45, 2.75) is 18.6 Å². The van der Waals surface area contributed by atoms with Crippen LogP contribution < -0.4 is 9.47 Å². The van der Waals surface area contributed by atoms with Crippen molar-refractivity contribution < 1.29 is 9.47 Å². The van der Waals surface area contributed by atoms with Gasteiger partial charge in [0.1, 0.15) is 16.1 Å². The van der Waals surface area contributed by atoms with Gasteiger partial charge in [0.25, 0.3) is 0 Å². The molecule has 0 saturated heterocycles. The van der Waals surface area contributed by atoms with Gasteiger partial charge in [0.15, 0.2) is 17.6 Å². The van der Waals surface area contributed by atoms with E-state index in [1.165, 1.54) is 0 Å². The normalized spacial score (nSPS) is 24.9. The lowest BCUT2D eigenvalue weighted by Crippen LogP contribution is -2.35. The number of benzene rings is 1. The summed E-state index contributed by atoms with van der Waals surface area (Å²) in [5.41, 5.74) is 0. The molecule has 2 aliphatic rings. The van der Waals surface area contributed by atoms with Gasteiger partial charge in [-0.25, -0.2) is 0 Å². The van der Waals surface area contributed by atoms with Gasteiger partial charge in [-0.15, -0.1) is 0 Å². The number of rotatable bonds is 0. The SMILES string of the molecule is Clc1c(Cl)c(Cl)c2c(c1Cl)O[C@H]1CC=C[C@H]1O2. The summed E-state index contributed by atoms with van der Waals surface area (Å²) >= 11 is 24.1. The zero-order valence-electron chi connectivity index (χ0n) is 8.34. The first kappa shape index (κ1) is 11.8. The van der Waals surface area contributed by atoms with Crippen molar-refractivity contribution in [3.05, 3.63) is 32.2 Å². The molecule has 0 radical (unpaired) electrons. The Kier molecular flexibility index (Phi) is 2.86. The molecule has 0 fully saturated rings. The Morgan fingerprint density at radius 2 is 1.47 bits per heavy atom. The van der Waals surface area contributed by atoms with Crippen LogP contribution in [0.3, 0.4) is 0 Å². The van der Waals surface area contributed by atoms with E-state index in [1.54, 1.807) is 0 Å². The van der Waals surface area contributed by atoms with Crippen LogP contribution in [0.5, 0.6) is 11.5 Å². The maximum absolute atomic E-state index is 6.08. The van der Waals surface area contributed by atoms with E-state index in [2.05, 4.69) is 0 Å². The van der Waals surface area contributed by atoms with Crippen LogP contribution in [-0.4, -0.2) is 12.2 Å². The molecule has 0 N–H and O–H groups in total. The average molecular weight is 312 g/mol. The maximum Gasteiger partial charge on any atom is 0.184 e. The molecule has 0 spiro atoms. The van der Waals surface area contributed by atoms with Crippen molar-refractivity contribution in [2.24, 2.45) is 0 Å². The van der Waals surface area contributed by atoms with E-state index in [0.29, 0.717) is 11.5 Å². The van der Waals surface area contributed by atoms with Crippen LogP contribution in [0.25, 0.3) is 0 Å². The fraction of sp³-hybridized carbons (Fsp3) is 0.273. The van der Waals surface area contributed by atoms with Crippen LogP contribution in [0.4, 0.5) is 0 Å². The van der Waals surface area contributed by atoms with E-state index in [0.717, 1.165) is 6.42 Å². The Morgan fingerprint density at radius 1 is 0.882 bits per heavy atom. The number of ether oxygens (including phenoxy) is 2. The highest BCUT2D eigenvalue weighted by Gasteiger charge is 2.36. The van der Waals surface area contributed by atoms with Crippen LogP contribution in [0, 0.1) is 0 Å². The summed E-state index contributed by atoms with van der Waals surface area (Å²) in [7, 11) is 0. The maximum atomic E-state index is 6.08. The molecule has 1 heterocycles. The summed E-state index contributed by atoms with van der Waals surface area (Å²) in [6.07, 6.45) is 4.48. The number of hydrogen-bond acceptors (Lipinski definition) is 2. The molecule has 0 aromatic heterocycles. The monoisotopic (exact) mass is 310 g/mol. The standard InChI is InChI=1S/C11H6Cl4O2/c12-6-7(13)9(15)11-10(8(6)14)16-4-2-1-3-5(4)17-11/h1-2,4-5H,3H2/t4-,5+/m1/s1. The minimum Gasteiger partial charge on any atom is -0.480 e. The third kappa shape index (κ3) is 1.70. The molecule has 3 rings (SSSR count). The van der Waals surface area contributed by atoms with Gasteiger partial charge in [0, 0.05) is 6.42 Å². The second-order valence-electron chi connectivity index (χ2n) is 3.82. The molecule has 6 heteroatoms. The van der Waals surface area contributed by atoms with Gasteiger partial charge in [-0.1, -0.05) is 52.5 Å². The van der Waals surface area contributed by atoms with Crippen molar-refractivity contribution in [1.82, 2.24) is 0 Å². The molecule has 0 amide bonds. The number of fused-ring (bicyclic) bond motifs is 2. The molecule has 90 valence electrons. The van der Waals surface area contributed by atoms with Gasteiger partial charge in [-0.05, 0) is 6.08 Å². The van der Waals surface area contributed by atoms with Crippen LogP contribution >= 0.6 is 46.4 Å². The number of halogens is 4. The van der Waals surface area contributed by atoms with E-state index < -0.39 is 0 Å². The van der Waals surface area contributed by atoms with E-state index in [-0.39, 0.29) is 32.3 Å². The molecule has 0 bridgehead atoms. The van der Waals surface area contributed by atoms with Crippen molar-refractivity contribution in [1.29, 1.82) is 0 Å². The average Bonchev–Trinajstić information content (AvgIpc) is 2.79. The van der Waals surface area contributed by atoms with E-state index in [1.807, 2.05) is 12.2 Å². The molecule has 1 aliphatic heterocycles. The van der Waals surface area contributed by atoms with Crippen LogP contribution in [0.1, 0.15) is 6.42 Å². The molecule has 0 saturated carbocycles. The van der Waals surface area contributed by atoms with Gasteiger partial charge in [0.2, 0.25) is 0 Å². The topological polar surface area (TPSA) is 18.5 Å². The van der Waals surface area contributed by atoms with Gasteiger partial charge < -0.3 is 9.47 Å². The Morgan fingerprint density at radius 3 is 2.12 bits per heavy atom. The summed E-state index contributed by atoms with van der Waals surface area (Å²) in [5.74, 6) is 0.731. The van der Waals surface area contributed by atoms with Crippen molar-refractivity contribution in [3.63, 3.8) is 0 Å².